The number of anilines is 2. The monoisotopic (exact) mass is 328 g/mol. The third-order valence-electron chi connectivity index (χ3n) is 3.63. The highest BCUT2D eigenvalue weighted by atomic mass is 35.5. The number of carbonyl (C=O) groups excluding carboxylic acids is 2. The Hall–Kier alpha value is -1.83. The van der Waals surface area contributed by atoms with Gasteiger partial charge in [-0.3, -0.25) is 4.79 Å². The standard InChI is InChI=1S/C14H20N4O3.ClH/c1-21-14(6-8-16-9-7-14)12(19)17-10-2-4-11(5-3-10)18-13(15)20;/h2-5,16H,6-9H2,1H3,(H,17,19)(H3,15,18,20);1H. The number of nitrogens with one attached hydrogen (secondary N) is 3. The van der Waals surface area contributed by atoms with Crippen molar-refractivity contribution in [2.75, 3.05) is 30.8 Å². The lowest BCUT2D eigenvalue weighted by atomic mass is 9.91. The van der Waals surface area contributed by atoms with Gasteiger partial charge in [0, 0.05) is 18.5 Å². The van der Waals surface area contributed by atoms with Gasteiger partial charge in [-0.15, -0.1) is 12.4 Å². The smallest absolute Gasteiger partial charge is 0.316 e. The molecule has 1 aromatic rings. The van der Waals surface area contributed by atoms with Crippen LogP contribution in [-0.2, 0) is 9.53 Å². The number of rotatable bonds is 4. The van der Waals surface area contributed by atoms with Gasteiger partial charge in [0.1, 0.15) is 5.60 Å². The van der Waals surface area contributed by atoms with Crippen molar-refractivity contribution < 1.29 is 14.3 Å². The van der Waals surface area contributed by atoms with Crippen LogP contribution in [0.5, 0.6) is 0 Å². The molecule has 0 aromatic heterocycles. The van der Waals surface area contributed by atoms with E-state index >= 15 is 0 Å². The molecule has 1 fully saturated rings. The Bertz CT molecular complexity index is 515. The topological polar surface area (TPSA) is 105 Å². The van der Waals surface area contributed by atoms with E-state index in [1.54, 1.807) is 31.4 Å². The second-order valence-electron chi connectivity index (χ2n) is 4.97. The van der Waals surface area contributed by atoms with E-state index < -0.39 is 11.6 Å². The van der Waals surface area contributed by atoms with Gasteiger partial charge in [-0.25, -0.2) is 4.79 Å². The van der Waals surface area contributed by atoms with E-state index in [1.165, 1.54) is 0 Å². The lowest BCUT2D eigenvalue weighted by molar-refractivity contribution is -0.140. The molecule has 0 saturated carbocycles. The number of piperidine rings is 1. The largest absolute Gasteiger partial charge is 0.368 e. The van der Waals surface area contributed by atoms with Crippen LogP contribution in [0.1, 0.15) is 12.8 Å². The summed E-state index contributed by atoms with van der Waals surface area (Å²) in [6.45, 7) is 1.51. The number of nitrogens with two attached hydrogens (primary N) is 1. The van der Waals surface area contributed by atoms with Crippen LogP contribution in [0.25, 0.3) is 0 Å². The summed E-state index contributed by atoms with van der Waals surface area (Å²) >= 11 is 0. The van der Waals surface area contributed by atoms with Crippen LogP contribution in [0.3, 0.4) is 0 Å². The fourth-order valence-corrected chi connectivity index (χ4v) is 2.38. The van der Waals surface area contributed by atoms with Crippen LogP contribution < -0.4 is 21.7 Å². The van der Waals surface area contributed by atoms with E-state index in [1.807, 2.05) is 0 Å². The molecule has 1 heterocycles. The van der Waals surface area contributed by atoms with Crippen LogP contribution in [0, 0.1) is 0 Å². The highest BCUT2D eigenvalue weighted by Gasteiger charge is 2.39. The van der Waals surface area contributed by atoms with E-state index in [2.05, 4.69) is 16.0 Å². The Labute approximate surface area is 135 Å². The third-order valence-corrected chi connectivity index (χ3v) is 3.63. The molecule has 0 unspecified atom stereocenters. The van der Waals surface area contributed by atoms with Gasteiger partial charge in [-0.05, 0) is 50.2 Å². The van der Waals surface area contributed by atoms with Crippen LogP contribution in [-0.4, -0.2) is 37.7 Å². The summed E-state index contributed by atoms with van der Waals surface area (Å²) in [7, 11) is 1.56. The van der Waals surface area contributed by atoms with E-state index in [0.717, 1.165) is 13.1 Å². The number of halogens is 1. The van der Waals surface area contributed by atoms with Crippen LogP contribution in [0.15, 0.2) is 24.3 Å². The first-order valence-corrected chi connectivity index (χ1v) is 6.79. The summed E-state index contributed by atoms with van der Waals surface area (Å²) in [4.78, 5) is 23.2. The first-order chi connectivity index (χ1) is 10.1. The summed E-state index contributed by atoms with van der Waals surface area (Å²) in [6.07, 6.45) is 1.27. The van der Waals surface area contributed by atoms with Gasteiger partial charge in [0.25, 0.3) is 5.91 Å². The molecule has 0 radical (unpaired) electrons. The van der Waals surface area contributed by atoms with Gasteiger partial charge < -0.3 is 26.4 Å². The number of amides is 3. The first-order valence-electron chi connectivity index (χ1n) is 6.79. The minimum Gasteiger partial charge on any atom is -0.368 e. The quantitative estimate of drug-likeness (QED) is 0.668. The minimum absolute atomic E-state index is 0. The predicted octanol–water partition coefficient (Wildman–Crippen LogP) is 1.31. The Balaban J connectivity index is 0.00000242. The molecule has 0 atom stereocenters. The second-order valence-corrected chi connectivity index (χ2v) is 4.97. The molecule has 5 N–H and O–H groups in total. The fraction of sp³-hybridized carbons (Fsp3) is 0.429. The molecule has 1 aliphatic rings. The molecule has 122 valence electrons. The Morgan fingerprint density at radius 3 is 2.09 bits per heavy atom. The zero-order valence-corrected chi connectivity index (χ0v) is 13.2. The van der Waals surface area contributed by atoms with Crippen LogP contribution >= 0.6 is 12.4 Å². The predicted molar refractivity (Wildman–Crippen MR) is 87.4 cm³/mol. The van der Waals surface area contributed by atoms with E-state index in [-0.39, 0.29) is 18.3 Å². The summed E-state index contributed by atoms with van der Waals surface area (Å²) in [6, 6.07) is 6.12. The molecule has 7 nitrogen and oxygen atoms in total. The maximum atomic E-state index is 12.4. The molecule has 2 rings (SSSR count). The molecule has 0 bridgehead atoms. The maximum Gasteiger partial charge on any atom is 0.316 e. The van der Waals surface area contributed by atoms with Crippen molar-refractivity contribution in [3.8, 4) is 0 Å². The Kier molecular flexibility index (Phi) is 6.61. The summed E-state index contributed by atoms with van der Waals surface area (Å²) in [5.74, 6) is -0.151. The lowest BCUT2D eigenvalue weighted by Crippen LogP contribution is -2.51. The van der Waals surface area contributed by atoms with E-state index in [0.29, 0.717) is 24.2 Å². The van der Waals surface area contributed by atoms with Gasteiger partial charge in [0.2, 0.25) is 0 Å². The van der Waals surface area contributed by atoms with Crippen molar-refractivity contribution >= 4 is 35.7 Å². The Morgan fingerprint density at radius 1 is 1.14 bits per heavy atom. The maximum absolute atomic E-state index is 12.4. The van der Waals surface area contributed by atoms with Crippen molar-refractivity contribution in [2.24, 2.45) is 5.73 Å². The van der Waals surface area contributed by atoms with E-state index in [9.17, 15) is 9.59 Å². The normalized spacial score (nSPS) is 16.2. The molecule has 1 aliphatic heterocycles. The zero-order valence-electron chi connectivity index (χ0n) is 12.3. The number of carbonyl (C=O) groups is 2. The number of methoxy groups -OCH3 is 1. The Morgan fingerprint density at radius 2 is 1.64 bits per heavy atom. The van der Waals surface area contributed by atoms with Crippen molar-refractivity contribution in [3.05, 3.63) is 24.3 Å². The van der Waals surface area contributed by atoms with Crippen molar-refractivity contribution in [3.63, 3.8) is 0 Å². The fourth-order valence-electron chi connectivity index (χ4n) is 2.38. The number of hydrogen-bond donors (Lipinski definition) is 4. The van der Waals surface area contributed by atoms with Crippen LogP contribution in [0.2, 0.25) is 0 Å². The van der Waals surface area contributed by atoms with Gasteiger partial charge in [-0.1, -0.05) is 0 Å². The summed E-state index contributed by atoms with van der Waals surface area (Å²) in [5.41, 5.74) is 5.47. The molecule has 22 heavy (non-hydrogen) atoms. The minimum atomic E-state index is -0.782. The molecule has 1 saturated heterocycles. The summed E-state index contributed by atoms with van der Waals surface area (Å²) in [5, 5.41) is 8.51. The molecule has 8 heteroatoms. The van der Waals surface area contributed by atoms with Crippen molar-refractivity contribution in [1.82, 2.24) is 5.32 Å². The highest BCUT2D eigenvalue weighted by Crippen LogP contribution is 2.25. The molecular weight excluding hydrogens is 308 g/mol. The van der Waals surface area contributed by atoms with Gasteiger partial charge in [0.05, 0.1) is 0 Å². The molecule has 1 aromatic carbocycles. The number of benzene rings is 1. The number of ether oxygens (including phenoxy) is 1. The molecule has 0 spiro atoms. The zero-order chi connectivity index (χ0) is 15.3. The number of hydrogen-bond acceptors (Lipinski definition) is 4. The molecule has 0 aliphatic carbocycles. The second kappa shape index (κ2) is 7.98. The number of primary amides is 1. The van der Waals surface area contributed by atoms with Crippen LogP contribution in [0.4, 0.5) is 16.2 Å². The first kappa shape index (κ1) is 18.2. The average Bonchev–Trinajstić information content (AvgIpc) is 2.49. The van der Waals surface area contributed by atoms with E-state index in [4.69, 9.17) is 10.5 Å². The highest BCUT2D eigenvalue weighted by molar-refractivity contribution is 5.97. The molecular formula is C14H21ClN4O3. The lowest BCUT2D eigenvalue weighted by Gasteiger charge is -2.34. The van der Waals surface area contributed by atoms with Gasteiger partial charge >= 0.3 is 6.03 Å². The molecule has 3 amide bonds. The summed E-state index contributed by atoms with van der Waals surface area (Å²) < 4.78 is 5.46. The van der Waals surface area contributed by atoms with Gasteiger partial charge in [-0.2, -0.15) is 0 Å². The average molecular weight is 329 g/mol. The van der Waals surface area contributed by atoms with Gasteiger partial charge in [0.15, 0.2) is 0 Å². The van der Waals surface area contributed by atoms with Crippen molar-refractivity contribution in [1.29, 1.82) is 0 Å². The number of urea groups is 1. The third kappa shape index (κ3) is 4.33. The SMILES string of the molecule is COC1(C(=O)Nc2ccc(NC(N)=O)cc2)CCNCC1.Cl. The van der Waals surface area contributed by atoms with Crippen molar-refractivity contribution in [2.45, 2.75) is 18.4 Å².